The molecular formula is C18H29NO2. The number of rotatable bonds is 3. The zero-order chi connectivity index (χ0) is 15.2. The molecule has 3 nitrogen and oxygen atoms in total. The standard InChI is InChI=1S/C18H29NO2/c1-12-9-19(10-13(2)20-12)11-14-8-15(14)16-6-7-17(21-16)18(3,4)5/h6-7,12-15H,8-11H2,1-5H3/t12-,13+,14-,15+/m0/s1. The van der Waals surface area contributed by atoms with Crippen molar-refractivity contribution in [2.75, 3.05) is 19.6 Å². The molecule has 1 aliphatic heterocycles. The summed E-state index contributed by atoms with van der Waals surface area (Å²) in [5.41, 5.74) is 0.109. The number of hydrogen-bond acceptors (Lipinski definition) is 3. The fourth-order valence-electron chi connectivity index (χ4n) is 3.52. The van der Waals surface area contributed by atoms with Crippen molar-refractivity contribution in [2.45, 2.75) is 64.6 Å². The average Bonchev–Trinajstić information content (AvgIpc) is 2.91. The van der Waals surface area contributed by atoms with Gasteiger partial charge in [-0.2, -0.15) is 0 Å². The Morgan fingerprint density at radius 2 is 1.81 bits per heavy atom. The van der Waals surface area contributed by atoms with Crippen LogP contribution >= 0.6 is 0 Å². The summed E-state index contributed by atoms with van der Waals surface area (Å²) in [6.45, 7) is 14.3. The summed E-state index contributed by atoms with van der Waals surface area (Å²) in [6, 6.07) is 4.35. The zero-order valence-electron chi connectivity index (χ0n) is 14.1. The van der Waals surface area contributed by atoms with Crippen molar-refractivity contribution in [2.24, 2.45) is 5.92 Å². The van der Waals surface area contributed by atoms with Gasteiger partial charge < -0.3 is 9.15 Å². The molecule has 21 heavy (non-hydrogen) atoms. The Morgan fingerprint density at radius 1 is 1.14 bits per heavy atom. The molecule has 3 heteroatoms. The summed E-state index contributed by atoms with van der Waals surface area (Å²) in [4.78, 5) is 2.57. The lowest BCUT2D eigenvalue weighted by Gasteiger charge is -2.35. The van der Waals surface area contributed by atoms with Crippen LogP contribution in [0.3, 0.4) is 0 Å². The minimum absolute atomic E-state index is 0.109. The van der Waals surface area contributed by atoms with Crippen molar-refractivity contribution in [3.63, 3.8) is 0 Å². The predicted octanol–water partition coefficient (Wildman–Crippen LogP) is 3.79. The Morgan fingerprint density at radius 3 is 2.38 bits per heavy atom. The molecule has 1 aromatic rings. The molecule has 1 saturated carbocycles. The van der Waals surface area contributed by atoms with Crippen LogP contribution in [0.15, 0.2) is 16.5 Å². The molecular weight excluding hydrogens is 262 g/mol. The summed E-state index contributed by atoms with van der Waals surface area (Å²) < 4.78 is 11.9. The molecule has 2 fully saturated rings. The minimum atomic E-state index is 0.109. The highest BCUT2D eigenvalue weighted by Crippen LogP contribution is 2.49. The van der Waals surface area contributed by atoms with Crippen LogP contribution < -0.4 is 0 Å². The van der Waals surface area contributed by atoms with Gasteiger partial charge in [-0.05, 0) is 38.3 Å². The van der Waals surface area contributed by atoms with Crippen LogP contribution in [-0.2, 0) is 10.2 Å². The smallest absolute Gasteiger partial charge is 0.109 e. The minimum Gasteiger partial charge on any atom is -0.465 e. The first-order chi connectivity index (χ1) is 9.83. The van der Waals surface area contributed by atoms with E-state index in [9.17, 15) is 0 Å². The van der Waals surface area contributed by atoms with E-state index in [1.54, 1.807) is 0 Å². The predicted molar refractivity (Wildman–Crippen MR) is 84.7 cm³/mol. The van der Waals surface area contributed by atoms with Crippen molar-refractivity contribution in [1.82, 2.24) is 4.90 Å². The Bertz CT molecular complexity index is 478. The fourth-order valence-corrected chi connectivity index (χ4v) is 3.52. The van der Waals surface area contributed by atoms with Gasteiger partial charge in [-0.25, -0.2) is 0 Å². The van der Waals surface area contributed by atoms with E-state index in [0.29, 0.717) is 18.1 Å². The van der Waals surface area contributed by atoms with Crippen LogP contribution in [0.4, 0.5) is 0 Å². The maximum Gasteiger partial charge on any atom is 0.109 e. The lowest BCUT2D eigenvalue weighted by molar-refractivity contribution is -0.0691. The van der Waals surface area contributed by atoms with Crippen LogP contribution in [0.2, 0.25) is 0 Å². The molecule has 0 N–H and O–H groups in total. The van der Waals surface area contributed by atoms with Crippen LogP contribution in [0.1, 0.15) is 58.5 Å². The molecule has 2 heterocycles. The van der Waals surface area contributed by atoms with Crippen molar-refractivity contribution in [1.29, 1.82) is 0 Å². The first-order valence-corrected chi connectivity index (χ1v) is 8.31. The Balaban J connectivity index is 1.56. The number of nitrogens with zero attached hydrogens (tertiary/aromatic N) is 1. The molecule has 1 aliphatic carbocycles. The highest BCUT2D eigenvalue weighted by atomic mass is 16.5. The van der Waals surface area contributed by atoms with Crippen LogP contribution in [-0.4, -0.2) is 36.7 Å². The lowest BCUT2D eigenvalue weighted by Crippen LogP contribution is -2.46. The molecule has 0 amide bonds. The van der Waals surface area contributed by atoms with E-state index < -0.39 is 0 Å². The van der Waals surface area contributed by atoms with Crippen molar-refractivity contribution in [3.05, 3.63) is 23.7 Å². The monoisotopic (exact) mass is 291 g/mol. The first-order valence-electron chi connectivity index (χ1n) is 8.31. The molecule has 0 bridgehead atoms. The molecule has 2 aliphatic rings. The van der Waals surface area contributed by atoms with Gasteiger partial charge in [0, 0.05) is 31.0 Å². The zero-order valence-corrected chi connectivity index (χ0v) is 14.1. The molecule has 118 valence electrons. The van der Waals surface area contributed by atoms with Gasteiger partial charge in [0.1, 0.15) is 11.5 Å². The number of furan rings is 1. The third-order valence-electron chi connectivity index (χ3n) is 4.64. The third-order valence-corrected chi connectivity index (χ3v) is 4.64. The lowest BCUT2D eigenvalue weighted by atomic mass is 9.94. The summed E-state index contributed by atoms with van der Waals surface area (Å²) in [5, 5.41) is 0. The largest absolute Gasteiger partial charge is 0.465 e. The fraction of sp³-hybridized carbons (Fsp3) is 0.778. The second-order valence-corrected chi connectivity index (χ2v) is 8.03. The molecule has 1 aromatic heterocycles. The van der Waals surface area contributed by atoms with Crippen molar-refractivity contribution < 1.29 is 9.15 Å². The van der Waals surface area contributed by atoms with Gasteiger partial charge in [0.05, 0.1) is 12.2 Å². The molecule has 0 radical (unpaired) electrons. The number of morpholine rings is 1. The number of ether oxygens (including phenoxy) is 1. The van der Waals surface area contributed by atoms with Crippen LogP contribution in [0.25, 0.3) is 0 Å². The van der Waals surface area contributed by atoms with Crippen molar-refractivity contribution in [3.8, 4) is 0 Å². The quantitative estimate of drug-likeness (QED) is 0.847. The average molecular weight is 291 g/mol. The van der Waals surface area contributed by atoms with Gasteiger partial charge >= 0.3 is 0 Å². The number of hydrogen-bond donors (Lipinski definition) is 0. The SMILES string of the molecule is C[C@@H]1CN(C[C@@H]2C[C@H]2c2ccc(C(C)(C)C)o2)C[C@H](C)O1. The maximum absolute atomic E-state index is 6.09. The summed E-state index contributed by atoms with van der Waals surface area (Å²) in [7, 11) is 0. The topological polar surface area (TPSA) is 25.6 Å². The summed E-state index contributed by atoms with van der Waals surface area (Å²) in [6.07, 6.45) is 2.00. The second kappa shape index (κ2) is 5.44. The second-order valence-electron chi connectivity index (χ2n) is 8.03. The first kappa shape index (κ1) is 15.1. The van der Waals surface area contributed by atoms with E-state index in [0.717, 1.165) is 24.8 Å². The highest BCUT2D eigenvalue weighted by molar-refractivity contribution is 5.21. The van der Waals surface area contributed by atoms with E-state index in [-0.39, 0.29) is 5.41 Å². The van der Waals surface area contributed by atoms with Gasteiger partial charge in [-0.3, -0.25) is 4.90 Å². The Kier molecular flexibility index (Phi) is 3.91. The van der Waals surface area contributed by atoms with Crippen molar-refractivity contribution >= 4 is 0 Å². The van der Waals surface area contributed by atoms with Crippen LogP contribution in [0.5, 0.6) is 0 Å². The molecule has 4 atom stereocenters. The van der Waals surface area contributed by atoms with E-state index in [2.05, 4.69) is 51.7 Å². The molecule has 3 rings (SSSR count). The third kappa shape index (κ3) is 3.51. The Hall–Kier alpha value is -0.800. The molecule has 0 unspecified atom stereocenters. The molecule has 1 saturated heterocycles. The van der Waals surface area contributed by atoms with E-state index in [1.165, 1.54) is 18.7 Å². The van der Waals surface area contributed by atoms with Gasteiger partial charge in [0.2, 0.25) is 0 Å². The maximum atomic E-state index is 6.09. The highest BCUT2D eigenvalue weighted by Gasteiger charge is 2.42. The van der Waals surface area contributed by atoms with E-state index in [1.807, 2.05) is 0 Å². The van der Waals surface area contributed by atoms with Gasteiger partial charge in [-0.15, -0.1) is 0 Å². The molecule has 0 aromatic carbocycles. The normalized spacial score (nSPS) is 34.1. The van der Waals surface area contributed by atoms with Gasteiger partial charge in [0.25, 0.3) is 0 Å². The van der Waals surface area contributed by atoms with Gasteiger partial charge in [-0.1, -0.05) is 20.8 Å². The van der Waals surface area contributed by atoms with Crippen LogP contribution in [0, 0.1) is 5.92 Å². The molecule has 0 spiro atoms. The van der Waals surface area contributed by atoms with Gasteiger partial charge in [0.15, 0.2) is 0 Å². The Labute approximate surface area is 128 Å². The summed E-state index contributed by atoms with van der Waals surface area (Å²) in [5.74, 6) is 3.70. The van der Waals surface area contributed by atoms with E-state index >= 15 is 0 Å². The van der Waals surface area contributed by atoms with E-state index in [4.69, 9.17) is 9.15 Å². The summed E-state index contributed by atoms with van der Waals surface area (Å²) >= 11 is 0.